The molecule has 194 valence electrons. The summed E-state index contributed by atoms with van der Waals surface area (Å²) in [5.41, 5.74) is 6.94. The third kappa shape index (κ3) is 7.05. The van der Waals surface area contributed by atoms with E-state index in [4.69, 9.17) is 0 Å². The van der Waals surface area contributed by atoms with Crippen LogP contribution in [0.2, 0.25) is 0 Å². The first-order valence-electron chi connectivity index (χ1n) is 11.5. The van der Waals surface area contributed by atoms with Gasteiger partial charge < -0.3 is 15.6 Å². The Morgan fingerprint density at radius 1 is 1.11 bits per heavy atom. The Bertz CT molecular complexity index is 1220. The van der Waals surface area contributed by atoms with Gasteiger partial charge in [-0.3, -0.25) is 0 Å². The van der Waals surface area contributed by atoms with E-state index in [0.717, 1.165) is 34.7 Å². The fourth-order valence-electron chi connectivity index (χ4n) is 3.43. The Morgan fingerprint density at radius 2 is 1.78 bits per heavy atom. The molecule has 0 saturated carbocycles. The molecule has 4 rings (SSSR count). The van der Waals surface area contributed by atoms with Crippen molar-refractivity contribution >= 4 is 11.6 Å². The van der Waals surface area contributed by atoms with E-state index in [-0.39, 0.29) is 8.54 Å². The maximum Gasteiger partial charge on any atom is 0.274 e. The van der Waals surface area contributed by atoms with Crippen LogP contribution >= 0.6 is 0 Å². The number of hydrogen-bond donors (Lipinski definition) is 3. The van der Waals surface area contributed by atoms with E-state index < -0.39 is 17.4 Å². The second kappa shape index (κ2) is 11.7. The van der Waals surface area contributed by atoms with Crippen LogP contribution in [-0.4, -0.2) is 33.6 Å². The number of anilines is 2. The normalized spacial score (nSPS) is 13.0. The molecule has 7 nitrogen and oxygen atoms in total. The van der Waals surface area contributed by atoms with Crippen LogP contribution in [0.25, 0.3) is 11.1 Å². The summed E-state index contributed by atoms with van der Waals surface area (Å²) in [5.74, 6) is -4.00. The highest BCUT2D eigenvalue weighted by Crippen LogP contribution is 2.30. The summed E-state index contributed by atoms with van der Waals surface area (Å²) >= 11 is 0. The lowest BCUT2D eigenvalue weighted by atomic mass is 10.0. The maximum atomic E-state index is 13.6. The highest BCUT2D eigenvalue weighted by Gasteiger charge is 2.29. The topological polar surface area (TPSA) is 78.0 Å². The average molecular weight is 502 g/mol. The molecule has 36 heavy (non-hydrogen) atoms. The molecular formula is C26H34F3N7. The first kappa shape index (κ1) is 26.7. The Morgan fingerprint density at radius 3 is 2.36 bits per heavy atom. The summed E-state index contributed by atoms with van der Waals surface area (Å²) in [4.78, 5) is 12.2. The van der Waals surface area contributed by atoms with Gasteiger partial charge in [-0.1, -0.05) is 44.7 Å². The molecule has 0 amide bonds. The fraction of sp³-hybridized carbons (Fsp3) is 0.269. The number of nitrogens with one attached hydrogen (secondary N) is 3. The molecule has 0 fully saturated rings. The summed E-state index contributed by atoms with van der Waals surface area (Å²) in [5, 5.41) is 7.95. The van der Waals surface area contributed by atoms with Crippen molar-refractivity contribution in [2.45, 2.75) is 33.1 Å². The van der Waals surface area contributed by atoms with Crippen molar-refractivity contribution in [2.24, 2.45) is 0 Å². The molecule has 0 unspecified atom stereocenters. The molecule has 3 N–H and O–H groups in total. The Hall–Kier alpha value is -3.92. The summed E-state index contributed by atoms with van der Waals surface area (Å²) in [6, 6.07) is 8.82. The molecule has 0 aliphatic carbocycles. The minimum Gasteiger partial charge on any atom is -0.358 e. The molecule has 0 atom stereocenters. The predicted octanol–water partition coefficient (Wildman–Crippen LogP) is 6.18. The predicted molar refractivity (Wildman–Crippen MR) is 141 cm³/mol. The van der Waals surface area contributed by atoms with Crippen LogP contribution in [0.4, 0.5) is 24.8 Å². The number of aromatic nitrogens is 3. The second-order valence-corrected chi connectivity index (χ2v) is 8.07. The highest BCUT2D eigenvalue weighted by molar-refractivity contribution is 5.62. The fourth-order valence-corrected chi connectivity index (χ4v) is 3.43. The van der Waals surface area contributed by atoms with Crippen molar-refractivity contribution in [2.75, 3.05) is 24.2 Å². The lowest BCUT2D eigenvalue weighted by Gasteiger charge is -2.14. The summed E-state index contributed by atoms with van der Waals surface area (Å²) in [6.45, 7) is 9.26. The van der Waals surface area contributed by atoms with Crippen molar-refractivity contribution < 1.29 is 16.0 Å². The summed E-state index contributed by atoms with van der Waals surface area (Å²) in [6.07, 6.45) is 7.05. The zero-order chi connectivity index (χ0) is 26.3. The zero-order valence-corrected chi connectivity index (χ0v) is 20.7. The molecule has 2 aromatic heterocycles. The molecule has 10 heteroatoms. The number of alkyl halides is 2. The quantitative estimate of drug-likeness (QED) is 0.318. The van der Waals surface area contributed by atoms with E-state index in [1.165, 1.54) is 0 Å². The molecule has 3 aromatic rings. The third-order valence-corrected chi connectivity index (χ3v) is 5.13. The Labute approximate surface area is 212 Å². The number of rotatable bonds is 8. The van der Waals surface area contributed by atoms with Crippen LogP contribution in [0.1, 0.15) is 34.8 Å². The van der Waals surface area contributed by atoms with E-state index >= 15 is 0 Å². The molecule has 1 aliphatic rings. The number of hydrogen-bond acceptors (Lipinski definition) is 7. The van der Waals surface area contributed by atoms with E-state index in [1.807, 2.05) is 56.4 Å². The van der Waals surface area contributed by atoms with E-state index in [0.29, 0.717) is 31.5 Å². The molecule has 0 spiro atoms. The van der Waals surface area contributed by atoms with Crippen LogP contribution in [0.3, 0.4) is 0 Å². The molecular weight excluding hydrogens is 467 g/mol. The Kier molecular flexibility index (Phi) is 8.65. The minimum atomic E-state index is -3.33. The van der Waals surface area contributed by atoms with Crippen molar-refractivity contribution in [3.05, 3.63) is 90.2 Å². The number of nitrogens with zero attached hydrogens (tertiary/aromatic N) is 4. The van der Waals surface area contributed by atoms with Crippen molar-refractivity contribution in [1.82, 2.24) is 25.4 Å². The number of halogens is 3. The molecule has 3 heterocycles. The molecule has 1 aliphatic heterocycles. The van der Waals surface area contributed by atoms with Gasteiger partial charge in [0.2, 0.25) is 11.9 Å². The smallest absolute Gasteiger partial charge is 0.274 e. The second-order valence-electron chi connectivity index (χ2n) is 8.07. The highest BCUT2D eigenvalue weighted by atomic mass is 19.3. The van der Waals surface area contributed by atoms with Gasteiger partial charge in [-0.25, -0.2) is 29.2 Å². The largest absolute Gasteiger partial charge is 0.358 e. The number of hydrazine groups is 1. The van der Waals surface area contributed by atoms with E-state index in [2.05, 4.69) is 37.6 Å². The van der Waals surface area contributed by atoms with Crippen molar-refractivity contribution in [3.8, 4) is 11.1 Å². The lowest BCUT2D eigenvalue weighted by molar-refractivity contribution is 0.0130. The Balaban J connectivity index is 0.00000176. The van der Waals surface area contributed by atoms with E-state index in [1.54, 1.807) is 12.4 Å². The van der Waals surface area contributed by atoms with Gasteiger partial charge in [0.15, 0.2) is 0 Å². The third-order valence-electron chi connectivity index (χ3n) is 5.13. The van der Waals surface area contributed by atoms with Gasteiger partial charge >= 0.3 is 0 Å². The number of pyridine rings is 1. The zero-order valence-electron chi connectivity index (χ0n) is 20.7. The minimum absolute atomic E-state index is 0. The van der Waals surface area contributed by atoms with Gasteiger partial charge in [-0.15, -0.1) is 0 Å². The van der Waals surface area contributed by atoms with Gasteiger partial charge in [0.05, 0.1) is 29.7 Å². The van der Waals surface area contributed by atoms with Crippen molar-refractivity contribution in [3.63, 3.8) is 0 Å². The van der Waals surface area contributed by atoms with Gasteiger partial charge in [0, 0.05) is 53.1 Å². The van der Waals surface area contributed by atoms with E-state index in [9.17, 15) is 13.2 Å². The SMILES string of the molecule is C=C(Cc1ccc(-c2cnc(NC3=CN(C)NC3)nc2)cc1)Nc1cnc(F)c(C(C)(F)F)c1.CC.[HH].[HH]. The molecule has 0 bridgehead atoms. The standard InChI is InChI=1S/C24H24F3N7.C2H6.2H2/c1-15(32-19-9-21(24(2,26)27)22(25)28-12-19)8-16-4-6-17(7-5-16)18-10-29-23(30-11-18)33-20-13-31-34(3)14-20;1-2;;/h4-7,9-12,14,31-32H,1,8,13H2,2-3H3,(H,29,30,33);1-2H3;2*1H. The van der Waals surface area contributed by atoms with Crippen LogP contribution in [-0.2, 0) is 12.3 Å². The monoisotopic (exact) mass is 501 g/mol. The van der Waals surface area contributed by atoms with Gasteiger partial charge in [-0.05, 0) is 17.2 Å². The maximum absolute atomic E-state index is 13.6. The van der Waals surface area contributed by atoms with Crippen LogP contribution < -0.4 is 16.1 Å². The molecule has 0 radical (unpaired) electrons. The number of allylic oxidation sites excluding steroid dienone is 1. The molecule has 1 aromatic carbocycles. The first-order valence-corrected chi connectivity index (χ1v) is 11.5. The number of benzene rings is 1. The van der Waals surface area contributed by atoms with Gasteiger partial charge in [0.25, 0.3) is 5.92 Å². The lowest BCUT2D eigenvalue weighted by Crippen LogP contribution is -2.24. The van der Waals surface area contributed by atoms with Gasteiger partial charge in [0.1, 0.15) is 0 Å². The van der Waals surface area contributed by atoms with Crippen LogP contribution in [0.5, 0.6) is 0 Å². The summed E-state index contributed by atoms with van der Waals surface area (Å²) < 4.78 is 40.7. The van der Waals surface area contributed by atoms with Crippen molar-refractivity contribution in [1.29, 1.82) is 0 Å². The van der Waals surface area contributed by atoms with Crippen LogP contribution in [0, 0.1) is 5.95 Å². The van der Waals surface area contributed by atoms with Crippen LogP contribution in [0.15, 0.2) is 73.1 Å². The summed E-state index contributed by atoms with van der Waals surface area (Å²) in [7, 11) is 1.91. The average Bonchev–Trinajstić information content (AvgIpc) is 3.26. The molecule has 0 saturated heterocycles. The first-order chi connectivity index (χ1) is 17.2. The van der Waals surface area contributed by atoms with Gasteiger partial charge in [-0.2, -0.15) is 4.39 Å².